The Morgan fingerprint density at radius 3 is 2.09 bits per heavy atom. The van der Waals surface area contributed by atoms with Gasteiger partial charge >= 0.3 is 18.0 Å². The van der Waals surface area contributed by atoms with Crippen molar-refractivity contribution in [2.75, 3.05) is 6.54 Å². The fourth-order valence-electron chi connectivity index (χ4n) is 1.90. The minimum Gasteiger partial charge on any atom is -0.481 e. The van der Waals surface area contributed by atoms with E-state index in [9.17, 15) is 14.4 Å². The molecule has 1 unspecified atom stereocenters. The Balaban J connectivity index is 4.22. The molecule has 0 rings (SSSR count). The van der Waals surface area contributed by atoms with Crippen LogP contribution in [0.4, 0.5) is 4.79 Å². The van der Waals surface area contributed by atoms with Crippen molar-refractivity contribution in [1.82, 2.24) is 5.32 Å². The highest BCUT2D eigenvalue weighted by atomic mass is 16.7. The maximum atomic E-state index is 11.6. The number of rotatable bonds is 9. The molecule has 0 aliphatic rings. The lowest BCUT2D eigenvalue weighted by molar-refractivity contribution is -0.168. The number of hydrogen-bond donors (Lipinski definition) is 2. The van der Waals surface area contributed by atoms with Crippen LogP contribution in [0.5, 0.6) is 0 Å². The molecule has 0 saturated heterocycles. The van der Waals surface area contributed by atoms with Gasteiger partial charge in [-0.3, -0.25) is 9.59 Å². The summed E-state index contributed by atoms with van der Waals surface area (Å²) in [5.41, 5.74) is 0. The third-order valence-corrected chi connectivity index (χ3v) is 2.83. The maximum absolute atomic E-state index is 11.6. The van der Waals surface area contributed by atoms with Gasteiger partial charge in [0.15, 0.2) is 0 Å². The molecule has 0 radical (unpaired) electrons. The van der Waals surface area contributed by atoms with Crippen molar-refractivity contribution in [2.24, 2.45) is 17.8 Å². The first-order valence-corrected chi connectivity index (χ1v) is 7.48. The van der Waals surface area contributed by atoms with Gasteiger partial charge in [0.2, 0.25) is 6.29 Å². The van der Waals surface area contributed by atoms with E-state index in [-0.39, 0.29) is 24.8 Å². The molecule has 0 aromatic carbocycles. The Labute approximate surface area is 131 Å². The highest BCUT2D eigenvalue weighted by Crippen LogP contribution is 2.14. The SMILES string of the molecule is CC(C)CC(CNC(=O)O[C@H](C)OC(=O)C(C)C)CC(=O)O. The average molecular weight is 317 g/mol. The van der Waals surface area contributed by atoms with Crippen molar-refractivity contribution in [1.29, 1.82) is 0 Å². The van der Waals surface area contributed by atoms with E-state index in [0.29, 0.717) is 12.3 Å². The van der Waals surface area contributed by atoms with Crippen LogP contribution in [0.1, 0.15) is 47.5 Å². The van der Waals surface area contributed by atoms with Crippen LogP contribution in [0, 0.1) is 17.8 Å². The van der Waals surface area contributed by atoms with Crippen LogP contribution in [0.25, 0.3) is 0 Å². The van der Waals surface area contributed by atoms with Gasteiger partial charge in [0.25, 0.3) is 0 Å². The van der Waals surface area contributed by atoms with Crippen LogP contribution in [-0.2, 0) is 19.1 Å². The van der Waals surface area contributed by atoms with E-state index >= 15 is 0 Å². The van der Waals surface area contributed by atoms with Crippen LogP contribution < -0.4 is 5.32 Å². The lowest BCUT2D eigenvalue weighted by atomic mass is 9.94. The quantitative estimate of drug-likeness (QED) is 0.500. The highest BCUT2D eigenvalue weighted by molar-refractivity contribution is 5.72. The zero-order chi connectivity index (χ0) is 17.3. The molecule has 22 heavy (non-hydrogen) atoms. The van der Waals surface area contributed by atoms with Crippen LogP contribution in [0.3, 0.4) is 0 Å². The second kappa shape index (κ2) is 10.0. The molecular formula is C15H27NO6. The Morgan fingerprint density at radius 1 is 1.05 bits per heavy atom. The second-order valence-electron chi connectivity index (χ2n) is 6.04. The van der Waals surface area contributed by atoms with Crippen molar-refractivity contribution >= 4 is 18.0 Å². The molecular weight excluding hydrogens is 290 g/mol. The molecule has 1 amide bonds. The largest absolute Gasteiger partial charge is 0.481 e. The minimum absolute atomic E-state index is 0.0175. The summed E-state index contributed by atoms with van der Waals surface area (Å²) in [5.74, 6) is -1.50. The fraction of sp³-hybridized carbons (Fsp3) is 0.800. The molecule has 7 heteroatoms. The normalized spacial score (nSPS) is 13.6. The third-order valence-electron chi connectivity index (χ3n) is 2.83. The van der Waals surface area contributed by atoms with Crippen LogP contribution >= 0.6 is 0 Å². The Kier molecular flexibility index (Phi) is 9.21. The predicted octanol–water partition coefficient (Wildman–Crippen LogP) is 2.39. The molecule has 0 spiro atoms. The molecule has 0 fully saturated rings. The number of carboxylic acid groups (broad SMARTS) is 1. The molecule has 0 heterocycles. The summed E-state index contributed by atoms with van der Waals surface area (Å²) in [4.78, 5) is 33.8. The topological polar surface area (TPSA) is 102 Å². The molecule has 2 N–H and O–H groups in total. The molecule has 0 saturated carbocycles. The number of alkyl carbamates (subject to hydrolysis) is 1. The standard InChI is InChI=1S/C15H27NO6/c1-9(2)6-12(7-13(17)18)8-16-15(20)22-11(5)21-14(19)10(3)4/h9-12H,6-8H2,1-5H3,(H,16,20)(H,17,18)/t11-,12?/m1/s1. The fourth-order valence-corrected chi connectivity index (χ4v) is 1.90. The van der Waals surface area contributed by atoms with E-state index in [0.717, 1.165) is 0 Å². The van der Waals surface area contributed by atoms with Gasteiger partial charge in [-0.25, -0.2) is 4.79 Å². The number of carboxylic acids is 1. The Bertz CT molecular complexity index is 380. The number of hydrogen-bond acceptors (Lipinski definition) is 5. The van der Waals surface area contributed by atoms with Crippen molar-refractivity contribution in [3.63, 3.8) is 0 Å². The van der Waals surface area contributed by atoms with Gasteiger partial charge in [-0.2, -0.15) is 0 Å². The average Bonchev–Trinajstić information content (AvgIpc) is 2.34. The number of carbonyl (C=O) groups excluding carboxylic acids is 2. The van der Waals surface area contributed by atoms with Crippen LogP contribution in [0.15, 0.2) is 0 Å². The number of nitrogens with one attached hydrogen (secondary N) is 1. The smallest absolute Gasteiger partial charge is 0.410 e. The first-order chi connectivity index (χ1) is 10.1. The number of carbonyl (C=O) groups is 3. The van der Waals surface area contributed by atoms with Crippen molar-refractivity contribution in [3.05, 3.63) is 0 Å². The summed E-state index contributed by atoms with van der Waals surface area (Å²) in [6, 6.07) is 0. The summed E-state index contributed by atoms with van der Waals surface area (Å²) in [5, 5.41) is 11.4. The van der Waals surface area contributed by atoms with Crippen LogP contribution in [0.2, 0.25) is 0 Å². The van der Waals surface area contributed by atoms with Gasteiger partial charge in [-0.05, 0) is 18.3 Å². The number of amides is 1. The first kappa shape index (κ1) is 20.2. The Morgan fingerprint density at radius 2 is 1.64 bits per heavy atom. The third kappa shape index (κ3) is 10.0. The molecule has 2 atom stereocenters. The number of ether oxygens (including phenoxy) is 2. The lowest BCUT2D eigenvalue weighted by Gasteiger charge is -2.19. The first-order valence-electron chi connectivity index (χ1n) is 7.48. The summed E-state index contributed by atoms with van der Waals surface area (Å²) >= 11 is 0. The molecule has 0 aliphatic heterocycles. The van der Waals surface area contributed by atoms with Gasteiger partial charge in [0.05, 0.1) is 5.92 Å². The maximum Gasteiger partial charge on any atom is 0.410 e. The number of esters is 1. The summed E-state index contributed by atoms with van der Waals surface area (Å²) in [6.07, 6.45) is -1.05. The molecule has 0 aromatic rings. The lowest BCUT2D eigenvalue weighted by Crippen LogP contribution is -2.34. The van der Waals surface area contributed by atoms with Crippen molar-refractivity contribution in [2.45, 2.75) is 53.8 Å². The van der Waals surface area contributed by atoms with E-state index in [1.54, 1.807) is 13.8 Å². The zero-order valence-corrected chi connectivity index (χ0v) is 13.9. The molecule has 7 nitrogen and oxygen atoms in total. The molecule has 0 bridgehead atoms. The predicted molar refractivity (Wildman–Crippen MR) is 80.1 cm³/mol. The molecule has 128 valence electrons. The zero-order valence-electron chi connectivity index (χ0n) is 13.9. The van der Waals surface area contributed by atoms with Crippen LogP contribution in [-0.4, -0.2) is 36.0 Å². The summed E-state index contributed by atoms with van der Waals surface area (Å²) in [6.45, 7) is 8.98. The van der Waals surface area contributed by atoms with Gasteiger partial charge in [0.1, 0.15) is 0 Å². The molecule has 0 aromatic heterocycles. The van der Waals surface area contributed by atoms with Crippen molar-refractivity contribution < 1.29 is 29.0 Å². The summed E-state index contributed by atoms with van der Waals surface area (Å²) < 4.78 is 9.79. The van der Waals surface area contributed by atoms with E-state index in [4.69, 9.17) is 14.6 Å². The number of aliphatic carboxylic acids is 1. The monoisotopic (exact) mass is 317 g/mol. The Hall–Kier alpha value is -1.79. The molecule has 0 aliphatic carbocycles. The highest BCUT2D eigenvalue weighted by Gasteiger charge is 2.19. The summed E-state index contributed by atoms with van der Waals surface area (Å²) in [7, 11) is 0. The van der Waals surface area contributed by atoms with E-state index in [1.807, 2.05) is 13.8 Å². The van der Waals surface area contributed by atoms with Gasteiger partial charge < -0.3 is 19.9 Å². The minimum atomic E-state index is -0.988. The van der Waals surface area contributed by atoms with Gasteiger partial charge in [0, 0.05) is 19.9 Å². The van der Waals surface area contributed by atoms with E-state index in [2.05, 4.69) is 5.32 Å². The second-order valence-corrected chi connectivity index (χ2v) is 6.04. The van der Waals surface area contributed by atoms with E-state index < -0.39 is 24.3 Å². The van der Waals surface area contributed by atoms with Crippen molar-refractivity contribution in [3.8, 4) is 0 Å². The van der Waals surface area contributed by atoms with E-state index in [1.165, 1.54) is 6.92 Å². The van der Waals surface area contributed by atoms with Gasteiger partial charge in [-0.1, -0.05) is 27.7 Å². The van der Waals surface area contributed by atoms with Gasteiger partial charge in [-0.15, -0.1) is 0 Å².